The van der Waals surface area contributed by atoms with Gasteiger partial charge in [0.05, 0.1) is 0 Å². The molecular weight excluding hydrogens is 148 g/mol. The van der Waals surface area contributed by atoms with E-state index >= 15 is 0 Å². The van der Waals surface area contributed by atoms with Crippen LogP contribution in [0.3, 0.4) is 0 Å². The highest BCUT2D eigenvalue weighted by molar-refractivity contribution is 5.73. The SMILES string of the molecule is CC(=O)NC[C@H](C=O)N=[N+]=[N-]. The van der Waals surface area contributed by atoms with Crippen molar-refractivity contribution in [2.24, 2.45) is 5.11 Å². The number of nitrogens with zero attached hydrogens (tertiary/aromatic N) is 3. The summed E-state index contributed by atoms with van der Waals surface area (Å²) in [6, 6.07) is -0.802. The van der Waals surface area contributed by atoms with E-state index in [4.69, 9.17) is 5.53 Å². The molecule has 0 fully saturated rings. The van der Waals surface area contributed by atoms with Crippen molar-refractivity contribution in [1.29, 1.82) is 0 Å². The molecule has 0 saturated heterocycles. The van der Waals surface area contributed by atoms with Crippen LogP contribution < -0.4 is 5.32 Å². The molecule has 0 heterocycles. The van der Waals surface area contributed by atoms with Gasteiger partial charge in [-0.3, -0.25) is 4.79 Å². The van der Waals surface area contributed by atoms with Crippen molar-refractivity contribution in [3.05, 3.63) is 10.4 Å². The van der Waals surface area contributed by atoms with Gasteiger partial charge in [-0.1, -0.05) is 5.11 Å². The number of carbonyl (C=O) groups excluding carboxylic acids is 2. The van der Waals surface area contributed by atoms with E-state index in [0.29, 0.717) is 6.29 Å². The van der Waals surface area contributed by atoms with Crippen molar-refractivity contribution in [3.63, 3.8) is 0 Å². The Morgan fingerprint density at radius 3 is 2.91 bits per heavy atom. The molecule has 6 nitrogen and oxygen atoms in total. The monoisotopic (exact) mass is 156 g/mol. The molecule has 0 unspecified atom stereocenters. The first-order chi connectivity index (χ1) is 5.20. The average molecular weight is 156 g/mol. The third kappa shape index (κ3) is 4.92. The lowest BCUT2D eigenvalue weighted by Crippen LogP contribution is -2.29. The van der Waals surface area contributed by atoms with Crippen molar-refractivity contribution in [2.75, 3.05) is 6.54 Å². The molecule has 0 spiro atoms. The van der Waals surface area contributed by atoms with Crippen LogP contribution in [0.4, 0.5) is 0 Å². The quantitative estimate of drug-likeness (QED) is 0.268. The first kappa shape index (κ1) is 9.45. The second-order valence-corrected chi connectivity index (χ2v) is 1.85. The lowest BCUT2D eigenvalue weighted by atomic mass is 10.3. The van der Waals surface area contributed by atoms with E-state index in [1.54, 1.807) is 0 Å². The van der Waals surface area contributed by atoms with Crippen LogP contribution in [0.1, 0.15) is 6.92 Å². The van der Waals surface area contributed by atoms with E-state index in [1.165, 1.54) is 6.92 Å². The van der Waals surface area contributed by atoms with Gasteiger partial charge in [0.15, 0.2) is 0 Å². The Morgan fingerprint density at radius 1 is 1.91 bits per heavy atom. The molecule has 1 atom stereocenters. The van der Waals surface area contributed by atoms with Crippen molar-refractivity contribution < 1.29 is 9.59 Å². The van der Waals surface area contributed by atoms with Crippen LogP contribution in [0.2, 0.25) is 0 Å². The number of azide groups is 1. The van der Waals surface area contributed by atoms with E-state index in [1.807, 2.05) is 0 Å². The Labute approximate surface area is 63.2 Å². The van der Waals surface area contributed by atoms with E-state index in [-0.39, 0.29) is 12.5 Å². The Morgan fingerprint density at radius 2 is 2.55 bits per heavy atom. The molecule has 0 aliphatic heterocycles. The van der Waals surface area contributed by atoms with Crippen LogP contribution in [-0.2, 0) is 9.59 Å². The zero-order chi connectivity index (χ0) is 8.69. The molecule has 60 valence electrons. The van der Waals surface area contributed by atoms with Crippen LogP contribution in [-0.4, -0.2) is 24.8 Å². The van der Waals surface area contributed by atoms with Gasteiger partial charge in [0, 0.05) is 18.4 Å². The molecule has 0 aromatic heterocycles. The maximum atomic E-state index is 10.3. The zero-order valence-electron chi connectivity index (χ0n) is 6.02. The molecule has 0 rings (SSSR count). The van der Waals surface area contributed by atoms with Gasteiger partial charge in [-0.15, -0.1) is 0 Å². The second kappa shape index (κ2) is 5.25. The maximum Gasteiger partial charge on any atom is 0.216 e. The Balaban J connectivity index is 3.78. The number of amides is 1. The molecule has 11 heavy (non-hydrogen) atoms. The van der Waals surface area contributed by atoms with Gasteiger partial charge in [-0.2, -0.15) is 0 Å². The normalized spacial score (nSPS) is 11.0. The molecule has 0 aromatic rings. The first-order valence-electron chi connectivity index (χ1n) is 2.94. The summed E-state index contributed by atoms with van der Waals surface area (Å²) in [6.07, 6.45) is 0.482. The molecule has 0 saturated carbocycles. The van der Waals surface area contributed by atoms with Gasteiger partial charge in [0.25, 0.3) is 0 Å². The van der Waals surface area contributed by atoms with Crippen LogP contribution >= 0.6 is 0 Å². The van der Waals surface area contributed by atoms with Gasteiger partial charge in [-0.05, 0) is 5.53 Å². The van der Waals surface area contributed by atoms with Crippen LogP contribution in [0, 0.1) is 0 Å². The van der Waals surface area contributed by atoms with Crippen molar-refractivity contribution >= 4 is 12.2 Å². The summed E-state index contributed by atoms with van der Waals surface area (Å²) in [4.78, 5) is 22.8. The summed E-state index contributed by atoms with van der Waals surface area (Å²) < 4.78 is 0. The molecular formula is C5H8N4O2. The number of aldehydes is 1. The zero-order valence-corrected chi connectivity index (χ0v) is 6.02. The summed E-state index contributed by atoms with van der Waals surface area (Å²) in [5, 5.41) is 5.46. The predicted molar refractivity (Wildman–Crippen MR) is 37.7 cm³/mol. The van der Waals surface area contributed by atoms with Crippen LogP contribution in [0.5, 0.6) is 0 Å². The van der Waals surface area contributed by atoms with Crippen molar-refractivity contribution in [2.45, 2.75) is 13.0 Å². The molecule has 6 heteroatoms. The summed E-state index contributed by atoms with van der Waals surface area (Å²) in [5.41, 5.74) is 7.92. The molecule has 0 aliphatic carbocycles. The average Bonchev–Trinajstić information content (AvgIpc) is 1.97. The fourth-order valence-corrected chi connectivity index (χ4v) is 0.431. The minimum absolute atomic E-state index is 0.0584. The Bertz CT molecular complexity index is 197. The lowest BCUT2D eigenvalue weighted by Gasteiger charge is -2.01. The topological polar surface area (TPSA) is 94.9 Å². The molecule has 1 amide bonds. The highest BCUT2D eigenvalue weighted by Gasteiger charge is 2.03. The molecule has 0 radical (unpaired) electrons. The highest BCUT2D eigenvalue weighted by Crippen LogP contribution is 1.83. The summed E-state index contributed by atoms with van der Waals surface area (Å²) in [6.45, 7) is 1.38. The van der Waals surface area contributed by atoms with Gasteiger partial charge in [0.1, 0.15) is 12.3 Å². The third-order valence-corrected chi connectivity index (χ3v) is 0.917. The summed E-state index contributed by atoms with van der Waals surface area (Å²) >= 11 is 0. The fourth-order valence-electron chi connectivity index (χ4n) is 0.431. The summed E-state index contributed by atoms with van der Waals surface area (Å²) in [5.74, 6) is -0.259. The van der Waals surface area contributed by atoms with Crippen molar-refractivity contribution in [3.8, 4) is 0 Å². The number of rotatable bonds is 4. The van der Waals surface area contributed by atoms with Crippen LogP contribution in [0.15, 0.2) is 5.11 Å². The Kier molecular flexibility index (Phi) is 4.51. The van der Waals surface area contributed by atoms with Gasteiger partial charge in [0.2, 0.25) is 5.91 Å². The number of nitrogens with one attached hydrogen (secondary N) is 1. The van der Waals surface area contributed by atoms with Gasteiger partial charge < -0.3 is 10.1 Å². The minimum atomic E-state index is -0.802. The van der Waals surface area contributed by atoms with Crippen molar-refractivity contribution in [1.82, 2.24) is 5.32 Å². The second-order valence-electron chi connectivity index (χ2n) is 1.85. The van der Waals surface area contributed by atoms with E-state index < -0.39 is 6.04 Å². The Hall–Kier alpha value is -1.55. The minimum Gasteiger partial charge on any atom is -0.355 e. The first-order valence-corrected chi connectivity index (χ1v) is 2.94. The summed E-state index contributed by atoms with van der Waals surface area (Å²) in [7, 11) is 0. The van der Waals surface area contributed by atoms with E-state index in [0.717, 1.165) is 0 Å². The molecule has 0 aromatic carbocycles. The fraction of sp³-hybridized carbons (Fsp3) is 0.600. The van der Waals surface area contributed by atoms with E-state index in [2.05, 4.69) is 15.3 Å². The molecule has 1 N–H and O–H groups in total. The number of hydrogen-bond acceptors (Lipinski definition) is 3. The van der Waals surface area contributed by atoms with E-state index in [9.17, 15) is 9.59 Å². The van der Waals surface area contributed by atoms with Gasteiger partial charge in [-0.25, -0.2) is 0 Å². The molecule has 0 bridgehead atoms. The lowest BCUT2D eigenvalue weighted by molar-refractivity contribution is -0.119. The predicted octanol–water partition coefficient (Wildman–Crippen LogP) is 0.000300. The maximum absolute atomic E-state index is 10.3. The highest BCUT2D eigenvalue weighted by atomic mass is 16.1. The molecule has 0 aliphatic rings. The largest absolute Gasteiger partial charge is 0.355 e. The standard InChI is InChI=1S/C5H8N4O2/c1-4(11)7-2-5(3-10)8-9-6/h3,5H,2H2,1H3,(H,7,11)/t5-/m1/s1. The smallest absolute Gasteiger partial charge is 0.216 e. The number of carbonyl (C=O) groups is 2. The third-order valence-electron chi connectivity index (χ3n) is 0.917. The number of hydrogen-bond donors (Lipinski definition) is 1. The van der Waals surface area contributed by atoms with Gasteiger partial charge >= 0.3 is 0 Å². The van der Waals surface area contributed by atoms with Crippen LogP contribution in [0.25, 0.3) is 10.4 Å².